The van der Waals surface area contributed by atoms with Gasteiger partial charge in [0, 0.05) is 19.1 Å². The molecule has 2 aliphatic heterocycles. The summed E-state index contributed by atoms with van der Waals surface area (Å²) in [5.41, 5.74) is 2.97. The minimum atomic E-state index is -0.312. The number of carbonyl (C=O) groups excluding carboxylic acids is 2. The van der Waals surface area contributed by atoms with Crippen LogP contribution in [0.25, 0.3) is 5.82 Å². The Hall–Kier alpha value is -3.21. The van der Waals surface area contributed by atoms with Crippen molar-refractivity contribution < 1.29 is 14.3 Å². The first-order valence-electron chi connectivity index (χ1n) is 11.3. The van der Waals surface area contributed by atoms with Crippen LogP contribution in [0.5, 0.6) is 0 Å². The highest BCUT2D eigenvalue weighted by Gasteiger charge is 2.50. The van der Waals surface area contributed by atoms with Gasteiger partial charge in [0.2, 0.25) is 5.91 Å². The SMILES string of the molecule is CC1=C(N2CCC3(CCC(N(C)Cc4nnc(-n5cnnn5)cc4C)CC3)C2=O)COC1=O. The molecule has 0 unspecified atom stereocenters. The van der Waals surface area contributed by atoms with E-state index in [9.17, 15) is 9.59 Å². The summed E-state index contributed by atoms with van der Waals surface area (Å²) < 4.78 is 6.61. The first-order chi connectivity index (χ1) is 15.9. The van der Waals surface area contributed by atoms with Crippen LogP contribution in [0.15, 0.2) is 23.7 Å². The maximum Gasteiger partial charge on any atom is 0.336 e. The molecule has 0 radical (unpaired) electrons. The number of tetrazole rings is 1. The number of likely N-dealkylation sites (tertiary alicyclic amines) is 1. The summed E-state index contributed by atoms with van der Waals surface area (Å²) in [4.78, 5) is 29.2. The number of amides is 1. The van der Waals surface area contributed by atoms with Crippen LogP contribution in [0.2, 0.25) is 0 Å². The molecule has 1 spiro atoms. The van der Waals surface area contributed by atoms with E-state index in [-0.39, 0.29) is 23.9 Å². The molecule has 2 aromatic heterocycles. The van der Waals surface area contributed by atoms with Crippen molar-refractivity contribution in [2.24, 2.45) is 5.41 Å². The maximum absolute atomic E-state index is 13.3. The standard InChI is InChI=1S/C22H28N8O3/c1-14-10-19(30-13-23-26-27-30)25-24-17(14)11-28(3)16-4-6-22(7-5-16)8-9-29(21(22)32)18-12-33-20(31)15(18)2/h10,13,16H,4-9,11-12H2,1-3H3. The monoisotopic (exact) mass is 452 g/mol. The van der Waals surface area contributed by atoms with Gasteiger partial charge in [-0.15, -0.1) is 10.2 Å². The van der Waals surface area contributed by atoms with Gasteiger partial charge in [-0.2, -0.15) is 9.78 Å². The van der Waals surface area contributed by atoms with Gasteiger partial charge in [-0.05, 0) is 75.1 Å². The van der Waals surface area contributed by atoms with E-state index in [0.717, 1.165) is 49.1 Å². The summed E-state index contributed by atoms with van der Waals surface area (Å²) in [5.74, 6) is 0.442. The highest BCUT2D eigenvalue weighted by molar-refractivity contribution is 5.94. The van der Waals surface area contributed by atoms with Gasteiger partial charge in [0.05, 0.1) is 22.4 Å². The zero-order valence-electron chi connectivity index (χ0n) is 19.2. The smallest absolute Gasteiger partial charge is 0.336 e. The lowest BCUT2D eigenvalue weighted by molar-refractivity contribution is -0.138. The van der Waals surface area contributed by atoms with Gasteiger partial charge in [0.1, 0.15) is 12.9 Å². The summed E-state index contributed by atoms with van der Waals surface area (Å²) in [6.07, 6.45) is 5.98. The topological polar surface area (TPSA) is 119 Å². The quantitative estimate of drug-likeness (QED) is 0.616. The molecule has 0 bridgehead atoms. The largest absolute Gasteiger partial charge is 0.456 e. The van der Waals surface area contributed by atoms with Crippen LogP contribution >= 0.6 is 0 Å². The fraction of sp³-hybridized carbons (Fsp3) is 0.591. The third-order valence-electron chi connectivity index (χ3n) is 7.51. The van der Waals surface area contributed by atoms with Gasteiger partial charge in [-0.3, -0.25) is 9.69 Å². The van der Waals surface area contributed by atoms with Crippen LogP contribution in [-0.2, 0) is 20.9 Å². The Kier molecular flexibility index (Phi) is 5.43. The molecule has 2 aromatic rings. The summed E-state index contributed by atoms with van der Waals surface area (Å²) in [5, 5.41) is 19.8. The summed E-state index contributed by atoms with van der Waals surface area (Å²) in [6, 6.07) is 2.32. The average molecular weight is 453 g/mol. The molecule has 1 saturated carbocycles. The van der Waals surface area contributed by atoms with Gasteiger partial charge in [-0.25, -0.2) is 4.79 Å². The lowest BCUT2D eigenvalue weighted by Crippen LogP contribution is -2.42. The Balaban J connectivity index is 1.21. The molecule has 5 rings (SSSR count). The number of nitrogens with zero attached hydrogens (tertiary/aromatic N) is 8. The molecule has 1 saturated heterocycles. The fourth-order valence-corrected chi connectivity index (χ4v) is 5.28. The number of esters is 1. The van der Waals surface area contributed by atoms with Crippen LogP contribution in [0.1, 0.15) is 50.3 Å². The van der Waals surface area contributed by atoms with E-state index in [0.29, 0.717) is 30.5 Å². The number of hydrogen-bond acceptors (Lipinski definition) is 9. The minimum absolute atomic E-state index is 0.163. The summed E-state index contributed by atoms with van der Waals surface area (Å²) in [7, 11) is 2.11. The Bertz CT molecular complexity index is 1100. The predicted octanol–water partition coefficient (Wildman–Crippen LogP) is 1.18. The summed E-state index contributed by atoms with van der Waals surface area (Å²) >= 11 is 0. The van der Waals surface area contributed by atoms with Gasteiger partial charge in [-0.1, -0.05) is 0 Å². The molecule has 0 N–H and O–H groups in total. The van der Waals surface area contributed by atoms with Crippen molar-refractivity contribution in [1.29, 1.82) is 0 Å². The number of ether oxygens (including phenoxy) is 1. The molecule has 11 nitrogen and oxygen atoms in total. The van der Waals surface area contributed by atoms with E-state index in [1.165, 1.54) is 11.0 Å². The highest BCUT2D eigenvalue weighted by atomic mass is 16.5. The first-order valence-corrected chi connectivity index (χ1v) is 11.3. The first kappa shape index (κ1) is 21.6. The molecule has 11 heteroatoms. The van der Waals surface area contributed by atoms with Crippen molar-refractivity contribution >= 4 is 11.9 Å². The van der Waals surface area contributed by atoms with Gasteiger partial charge in [0.25, 0.3) is 0 Å². The molecular formula is C22H28N8O3. The normalized spacial score (nSPS) is 25.6. The van der Waals surface area contributed by atoms with Crippen molar-refractivity contribution in [3.8, 4) is 5.82 Å². The van der Waals surface area contributed by atoms with E-state index in [1.807, 2.05) is 13.0 Å². The molecular weight excluding hydrogens is 424 g/mol. The maximum atomic E-state index is 13.3. The molecule has 0 atom stereocenters. The average Bonchev–Trinajstić information content (AvgIpc) is 3.53. The third kappa shape index (κ3) is 3.79. The molecule has 2 fully saturated rings. The number of carbonyl (C=O) groups is 2. The predicted molar refractivity (Wildman–Crippen MR) is 116 cm³/mol. The molecule has 1 amide bonds. The number of aromatic nitrogens is 6. The van der Waals surface area contributed by atoms with E-state index in [4.69, 9.17) is 4.74 Å². The molecule has 0 aromatic carbocycles. The van der Waals surface area contributed by atoms with Crippen molar-refractivity contribution in [2.75, 3.05) is 20.2 Å². The molecule has 174 valence electrons. The molecule has 3 aliphatic rings. The fourth-order valence-electron chi connectivity index (χ4n) is 5.28. The van der Waals surface area contributed by atoms with Crippen LogP contribution in [0, 0.1) is 12.3 Å². The van der Waals surface area contributed by atoms with Crippen LogP contribution in [0.4, 0.5) is 0 Å². The Labute approximate surface area is 191 Å². The lowest BCUT2D eigenvalue weighted by Gasteiger charge is -2.39. The number of rotatable bonds is 5. The van der Waals surface area contributed by atoms with Crippen molar-refractivity contribution in [3.63, 3.8) is 0 Å². The Morgan fingerprint density at radius 2 is 1.97 bits per heavy atom. The summed E-state index contributed by atoms with van der Waals surface area (Å²) in [6.45, 7) is 5.34. The minimum Gasteiger partial charge on any atom is -0.456 e. The van der Waals surface area contributed by atoms with Gasteiger partial charge in [0.15, 0.2) is 5.82 Å². The van der Waals surface area contributed by atoms with E-state index in [2.05, 4.69) is 37.7 Å². The zero-order chi connectivity index (χ0) is 23.2. The van der Waals surface area contributed by atoms with Gasteiger partial charge >= 0.3 is 5.97 Å². The number of cyclic esters (lactones) is 1. The van der Waals surface area contributed by atoms with Crippen LogP contribution in [0.3, 0.4) is 0 Å². The van der Waals surface area contributed by atoms with E-state index >= 15 is 0 Å². The zero-order valence-corrected chi connectivity index (χ0v) is 19.2. The molecule has 4 heterocycles. The lowest BCUT2D eigenvalue weighted by atomic mass is 9.71. The van der Waals surface area contributed by atoms with E-state index in [1.54, 1.807) is 11.8 Å². The Morgan fingerprint density at radius 1 is 1.18 bits per heavy atom. The molecule has 1 aliphatic carbocycles. The molecule has 33 heavy (non-hydrogen) atoms. The second-order valence-electron chi connectivity index (χ2n) is 9.37. The van der Waals surface area contributed by atoms with Crippen LogP contribution in [-0.4, -0.2) is 78.3 Å². The van der Waals surface area contributed by atoms with E-state index < -0.39 is 0 Å². The van der Waals surface area contributed by atoms with Crippen molar-refractivity contribution in [1.82, 2.24) is 40.2 Å². The van der Waals surface area contributed by atoms with Crippen LogP contribution < -0.4 is 0 Å². The van der Waals surface area contributed by atoms with Gasteiger partial charge < -0.3 is 9.64 Å². The highest BCUT2D eigenvalue weighted by Crippen LogP contribution is 2.47. The Morgan fingerprint density at radius 3 is 2.61 bits per heavy atom. The second-order valence-corrected chi connectivity index (χ2v) is 9.37. The number of aryl methyl sites for hydroxylation is 1. The second kappa shape index (κ2) is 8.29. The van der Waals surface area contributed by atoms with Crippen molar-refractivity contribution in [3.05, 3.63) is 34.9 Å². The van der Waals surface area contributed by atoms with Crippen molar-refractivity contribution in [2.45, 2.75) is 58.5 Å². The third-order valence-corrected chi connectivity index (χ3v) is 7.51. The number of hydrogen-bond donors (Lipinski definition) is 0.